The molecule has 0 heterocycles. The van der Waals surface area contributed by atoms with Crippen LogP contribution in [0.2, 0.25) is 0 Å². The van der Waals surface area contributed by atoms with E-state index in [-0.39, 0.29) is 0 Å². The Hall–Kier alpha value is -0.810. The molecular formula is C10H13BrN2OS. The molecule has 0 aliphatic heterocycles. The standard InChI is InChI=1S/C10H13BrN2OS/c1-13(2)10(15)12-8-6-7(11)4-5-9(8)14-3/h4-6H,1-3H3,(H,12,15). The highest BCUT2D eigenvalue weighted by Crippen LogP contribution is 2.27. The lowest BCUT2D eigenvalue weighted by molar-refractivity contribution is 0.416. The van der Waals surface area contributed by atoms with Gasteiger partial charge in [-0.25, -0.2) is 0 Å². The summed E-state index contributed by atoms with van der Waals surface area (Å²) in [5, 5.41) is 3.75. The van der Waals surface area contributed by atoms with E-state index in [0.29, 0.717) is 5.11 Å². The Balaban J connectivity index is 2.92. The molecule has 0 atom stereocenters. The minimum absolute atomic E-state index is 0.645. The zero-order chi connectivity index (χ0) is 11.4. The fraction of sp³-hybridized carbons (Fsp3) is 0.300. The summed E-state index contributed by atoms with van der Waals surface area (Å²) in [6.07, 6.45) is 0. The van der Waals surface area contributed by atoms with Crippen LogP contribution in [-0.4, -0.2) is 31.2 Å². The number of nitrogens with one attached hydrogen (secondary N) is 1. The average molecular weight is 289 g/mol. The fourth-order valence-electron chi connectivity index (χ4n) is 1.00. The molecule has 0 spiro atoms. The maximum Gasteiger partial charge on any atom is 0.172 e. The Morgan fingerprint density at radius 2 is 2.13 bits per heavy atom. The highest BCUT2D eigenvalue weighted by molar-refractivity contribution is 9.10. The molecule has 82 valence electrons. The minimum Gasteiger partial charge on any atom is -0.495 e. The number of ether oxygens (including phenoxy) is 1. The summed E-state index contributed by atoms with van der Waals surface area (Å²) in [6.45, 7) is 0. The maximum atomic E-state index is 5.22. The van der Waals surface area contributed by atoms with E-state index in [2.05, 4.69) is 21.2 Å². The molecule has 0 bridgehead atoms. The Bertz CT molecular complexity index is 368. The van der Waals surface area contributed by atoms with Crippen LogP contribution in [0.25, 0.3) is 0 Å². The molecule has 0 saturated carbocycles. The smallest absolute Gasteiger partial charge is 0.172 e. The van der Waals surface area contributed by atoms with Crippen LogP contribution in [0, 0.1) is 0 Å². The lowest BCUT2D eigenvalue weighted by atomic mass is 10.3. The topological polar surface area (TPSA) is 24.5 Å². The SMILES string of the molecule is COc1ccc(Br)cc1NC(=S)N(C)C. The molecule has 0 amide bonds. The molecule has 0 aromatic heterocycles. The van der Waals surface area contributed by atoms with Crippen molar-refractivity contribution in [3.63, 3.8) is 0 Å². The van der Waals surface area contributed by atoms with E-state index < -0.39 is 0 Å². The third-order valence-electron chi connectivity index (χ3n) is 1.81. The summed E-state index contributed by atoms with van der Waals surface area (Å²) in [4.78, 5) is 1.83. The molecule has 3 nitrogen and oxygen atoms in total. The summed E-state index contributed by atoms with van der Waals surface area (Å²) in [5.74, 6) is 0.766. The van der Waals surface area contributed by atoms with Gasteiger partial charge in [0.1, 0.15) is 5.75 Å². The second-order valence-electron chi connectivity index (χ2n) is 3.17. The Morgan fingerprint density at radius 1 is 1.47 bits per heavy atom. The van der Waals surface area contributed by atoms with Crippen molar-refractivity contribution in [3.8, 4) is 5.75 Å². The van der Waals surface area contributed by atoms with Gasteiger partial charge < -0.3 is 15.0 Å². The number of halogens is 1. The second kappa shape index (κ2) is 5.32. The zero-order valence-corrected chi connectivity index (χ0v) is 11.3. The van der Waals surface area contributed by atoms with E-state index in [9.17, 15) is 0 Å². The predicted molar refractivity (Wildman–Crippen MR) is 70.6 cm³/mol. The van der Waals surface area contributed by atoms with Crippen LogP contribution in [0.4, 0.5) is 5.69 Å². The zero-order valence-electron chi connectivity index (χ0n) is 8.87. The summed E-state index contributed by atoms with van der Waals surface area (Å²) in [5.41, 5.74) is 0.852. The second-order valence-corrected chi connectivity index (χ2v) is 4.47. The van der Waals surface area contributed by atoms with Gasteiger partial charge in [-0.15, -0.1) is 0 Å². The summed E-state index contributed by atoms with van der Waals surface area (Å²) in [6, 6.07) is 5.72. The Kier molecular flexibility index (Phi) is 4.35. The monoisotopic (exact) mass is 288 g/mol. The first-order valence-corrected chi connectivity index (χ1v) is 5.56. The normalized spacial score (nSPS) is 9.60. The van der Waals surface area contributed by atoms with Crippen molar-refractivity contribution in [2.75, 3.05) is 26.5 Å². The third kappa shape index (κ3) is 3.35. The van der Waals surface area contributed by atoms with Gasteiger partial charge in [0.25, 0.3) is 0 Å². The molecular weight excluding hydrogens is 276 g/mol. The molecule has 1 aromatic rings. The minimum atomic E-state index is 0.645. The molecule has 1 rings (SSSR count). The lowest BCUT2D eigenvalue weighted by Gasteiger charge is -2.17. The van der Waals surface area contributed by atoms with E-state index in [1.807, 2.05) is 37.2 Å². The molecule has 0 fully saturated rings. The van der Waals surface area contributed by atoms with Crippen LogP contribution in [0.15, 0.2) is 22.7 Å². The molecule has 0 radical (unpaired) electrons. The van der Waals surface area contributed by atoms with Crippen molar-refractivity contribution < 1.29 is 4.74 Å². The van der Waals surface area contributed by atoms with Crippen molar-refractivity contribution in [2.45, 2.75) is 0 Å². The van der Waals surface area contributed by atoms with Crippen molar-refractivity contribution in [3.05, 3.63) is 22.7 Å². The molecule has 0 aliphatic carbocycles. The first kappa shape index (κ1) is 12.3. The van der Waals surface area contributed by atoms with E-state index in [4.69, 9.17) is 17.0 Å². The fourth-order valence-corrected chi connectivity index (χ4v) is 1.48. The van der Waals surface area contributed by atoms with Gasteiger partial charge in [0.15, 0.2) is 5.11 Å². The van der Waals surface area contributed by atoms with Crippen molar-refractivity contribution in [1.29, 1.82) is 0 Å². The van der Waals surface area contributed by atoms with Crippen LogP contribution >= 0.6 is 28.1 Å². The maximum absolute atomic E-state index is 5.22. The average Bonchev–Trinajstić information content (AvgIpc) is 2.18. The van der Waals surface area contributed by atoms with Gasteiger partial charge in [-0.3, -0.25) is 0 Å². The van der Waals surface area contributed by atoms with Crippen molar-refractivity contribution in [1.82, 2.24) is 4.90 Å². The highest BCUT2D eigenvalue weighted by Gasteiger charge is 2.06. The van der Waals surface area contributed by atoms with E-state index in [0.717, 1.165) is 15.9 Å². The van der Waals surface area contributed by atoms with Crippen LogP contribution in [0.1, 0.15) is 0 Å². The highest BCUT2D eigenvalue weighted by atomic mass is 79.9. The third-order valence-corrected chi connectivity index (χ3v) is 2.77. The lowest BCUT2D eigenvalue weighted by Crippen LogP contribution is -2.27. The first-order chi connectivity index (χ1) is 7.04. The number of hydrogen-bond acceptors (Lipinski definition) is 2. The number of benzene rings is 1. The predicted octanol–water partition coefficient (Wildman–Crippen LogP) is 2.72. The van der Waals surface area contributed by atoms with Crippen molar-refractivity contribution >= 4 is 38.9 Å². The number of nitrogens with zero attached hydrogens (tertiary/aromatic N) is 1. The van der Waals surface area contributed by atoms with Gasteiger partial charge in [-0.1, -0.05) is 15.9 Å². The largest absolute Gasteiger partial charge is 0.495 e. The van der Waals surface area contributed by atoms with E-state index in [1.165, 1.54) is 0 Å². The molecule has 5 heteroatoms. The molecule has 1 N–H and O–H groups in total. The Morgan fingerprint density at radius 3 is 2.67 bits per heavy atom. The molecule has 0 unspecified atom stereocenters. The first-order valence-electron chi connectivity index (χ1n) is 4.36. The molecule has 0 aliphatic rings. The Labute approximate surface area is 104 Å². The van der Waals surface area contributed by atoms with E-state index >= 15 is 0 Å². The molecule has 0 saturated heterocycles. The van der Waals surface area contributed by atoms with E-state index in [1.54, 1.807) is 7.11 Å². The van der Waals surface area contributed by atoms with Gasteiger partial charge >= 0.3 is 0 Å². The number of anilines is 1. The molecule has 15 heavy (non-hydrogen) atoms. The number of methoxy groups -OCH3 is 1. The number of rotatable bonds is 2. The van der Waals surface area contributed by atoms with Gasteiger partial charge in [-0.2, -0.15) is 0 Å². The van der Waals surface area contributed by atoms with Crippen LogP contribution in [-0.2, 0) is 0 Å². The number of thiocarbonyl (C=S) groups is 1. The van der Waals surface area contributed by atoms with Gasteiger partial charge in [0, 0.05) is 18.6 Å². The van der Waals surface area contributed by atoms with Crippen LogP contribution in [0.3, 0.4) is 0 Å². The van der Waals surface area contributed by atoms with Gasteiger partial charge in [0.05, 0.1) is 12.8 Å². The van der Waals surface area contributed by atoms with Crippen LogP contribution in [0.5, 0.6) is 5.75 Å². The van der Waals surface area contributed by atoms with Crippen LogP contribution < -0.4 is 10.1 Å². The summed E-state index contributed by atoms with van der Waals surface area (Å²) in [7, 11) is 5.41. The number of hydrogen-bond donors (Lipinski definition) is 1. The summed E-state index contributed by atoms with van der Waals surface area (Å²) < 4.78 is 6.20. The quantitative estimate of drug-likeness (QED) is 0.846. The summed E-state index contributed by atoms with van der Waals surface area (Å²) >= 11 is 8.55. The van der Waals surface area contributed by atoms with Gasteiger partial charge in [-0.05, 0) is 30.4 Å². The van der Waals surface area contributed by atoms with Crippen molar-refractivity contribution in [2.24, 2.45) is 0 Å². The molecule has 1 aromatic carbocycles. The van der Waals surface area contributed by atoms with Gasteiger partial charge in [0.2, 0.25) is 0 Å².